The van der Waals surface area contributed by atoms with Crippen LogP contribution in [0.25, 0.3) is 93.4 Å². The molecule has 8 aromatic carbocycles. The molecule has 10 aromatic rings. The molecule has 2 aromatic heterocycles. The van der Waals surface area contributed by atoms with Gasteiger partial charge in [0.2, 0.25) is 0 Å². The van der Waals surface area contributed by atoms with E-state index in [4.69, 9.17) is 9.97 Å². The van der Waals surface area contributed by atoms with Crippen molar-refractivity contribution < 1.29 is 0 Å². The first-order valence-electron chi connectivity index (χ1n) is 16.0. The molecule has 0 bridgehead atoms. The highest BCUT2D eigenvalue weighted by Crippen LogP contribution is 2.42. The van der Waals surface area contributed by atoms with E-state index in [9.17, 15) is 0 Å². The zero-order chi connectivity index (χ0) is 30.9. The Bertz CT molecular complexity index is 2750. The van der Waals surface area contributed by atoms with Gasteiger partial charge in [-0.05, 0) is 73.8 Å². The fraction of sp³-hybridized carbons (Fsp3) is 0. The maximum Gasteiger partial charge on any atom is 0.165 e. The zero-order valence-electron chi connectivity index (χ0n) is 25.4. The minimum Gasteiger partial charge on any atom is -0.292 e. The van der Waals surface area contributed by atoms with E-state index in [1.807, 2.05) is 18.2 Å². The van der Waals surface area contributed by atoms with Crippen molar-refractivity contribution in [1.29, 1.82) is 0 Å². The predicted octanol–water partition coefficient (Wildman–Crippen LogP) is 11.5. The minimum absolute atomic E-state index is 0.827. The summed E-state index contributed by atoms with van der Waals surface area (Å²) in [7, 11) is 0. The van der Waals surface area contributed by atoms with Gasteiger partial charge in [-0.1, -0.05) is 133 Å². The minimum atomic E-state index is 0.827. The van der Waals surface area contributed by atoms with Crippen molar-refractivity contribution in [3.05, 3.63) is 164 Å². The van der Waals surface area contributed by atoms with Crippen molar-refractivity contribution in [3.8, 4) is 28.2 Å². The van der Waals surface area contributed by atoms with E-state index in [0.29, 0.717) is 0 Å². The largest absolute Gasteiger partial charge is 0.292 e. The molecule has 0 amide bonds. The fourth-order valence-corrected chi connectivity index (χ4v) is 7.31. The topological polar surface area (TPSA) is 30.7 Å². The van der Waals surface area contributed by atoms with Crippen LogP contribution in [0.5, 0.6) is 0 Å². The van der Waals surface area contributed by atoms with Crippen LogP contribution in [0.1, 0.15) is 0 Å². The molecule has 0 aliphatic heterocycles. The molecule has 0 aliphatic rings. The second-order valence-corrected chi connectivity index (χ2v) is 12.2. The molecular formula is C44H27N3. The first-order chi connectivity index (χ1) is 23.3. The number of hydrogen-bond donors (Lipinski definition) is 0. The van der Waals surface area contributed by atoms with Crippen LogP contribution in [0, 0.1) is 0 Å². The third-order valence-electron chi connectivity index (χ3n) is 9.55. The van der Waals surface area contributed by atoms with Crippen LogP contribution < -0.4 is 0 Å². The lowest BCUT2D eigenvalue weighted by Crippen LogP contribution is -2.03. The molecule has 0 aliphatic carbocycles. The number of nitrogens with zero attached hydrogens (tertiary/aromatic N) is 3. The Kier molecular flexibility index (Phi) is 5.57. The second-order valence-electron chi connectivity index (χ2n) is 12.2. The highest BCUT2D eigenvalue weighted by Gasteiger charge is 2.21. The Balaban J connectivity index is 1.26. The molecule has 47 heavy (non-hydrogen) atoms. The van der Waals surface area contributed by atoms with Gasteiger partial charge in [0, 0.05) is 16.3 Å². The van der Waals surface area contributed by atoms with Crippen LogP contribution >= 0.6 is 0 Å². The number of fused-ring (bicyclic) bond motifs is 9. The van der Waals surface area contributed by atoms with E-state index < -0.39 is 0 Å². The summed E-state index contributed by atoms with van der Waals surface area (Å²) in [6.07, 6.45) is 0. The Morgan fingerprint density at radius 3 is 1.51 bits per heavy atom. The second kappa shape index (κ2) is 10.1. The molecule has 0 fully saturated rings. The molecule has 2 heterocycles. The molecule has 0 unspecified atom stereocenters. The fourth-order valence-electron chi connectivity index (χ4n) is 7.31. The van der Waals surface area contributed by atoms with Gasteiger partial charge in [-0.2, -0.15) is 0 Å². The summed E-state index contributed by atoms with van der Waals surface area (Å²) in [6, 6.07) is 58.4. The van der Waals surface area contributed by atoms with E-state index >= 15 is 0 Å². The maximum absolute atomic E-state index is 5.37. The molecule has 0 atom stereocenters. The maximum atomic E-state index is 5.37. The number of para-hydroxylation sites is 2. The molecule has 3 heteroatoms. The molecule has 0 saturated carbocycles. The monoisotopic (exact) mass is 597 g/mol. The summed E-state index contributed by atoms with van der Waals surface area (Å²) in [5.41, 5.74) is 8.23. The van der Waals surface area contributed by atoms with Crippen molar-refractivity contribution in [2.24, 2.45) is 0 Å². The zero-order valence-corrected chi connectivity index (χ0v) is 25.4. The van der Waals surface area contributed by atoms with Gasteiger partial charge in [0.1, 0.15) is 5.69 Å². The molecule has 0 N–H and O–H groups in total. The summed E-state index contributed by atoms with van der Waals surface area (Å²) in [5, 5.41) is 9.88. The Labute approximate surface area is 271 Å². The molecule has 0 radical (unpaired) electrons. The van der Waals surface area contributed by atoms with Crippen molar-refractivity contribution in [1.82, 2.24) is 14.5 Å². The lowest BCUT2D eigenvalue weighted by molar-refractivity contribution is 1.08. The number of aromatic nitrogens is 3. The third kappa shape index (κ3) is 4.00. The van der Waals surface area contributed by atoms with Crippen LogP contribution in [-0.2, 0) is 0 Å². The lowest BCUT2D eigenvalue weighted by atomic mass is 9.99. The lowest BCUT2D eigenvalue weighted by Gasteiger charge is -2.14. The van der Waals surface area contributed by atoms with Gasteiger partial charge in [0.25, 0.3) is 0 Å². The average Bonchev–Trinajstić information content (AvgIpc) is 3.49. The van der Waals surface area contributed by atoms with Crippen LogP contribution in [0.4, 0.5) is 0 Å². The van der Waals surface area contributed by atoms with Crippen molar-refractivity contribution in [3.63, 3.8) is 0 Å². The first kappa shape index (κ1) is 26.0. The molecule has 218 valence electrons. The van der Waals surface area contributed by atoms with E-state index in [2.05, 4.69) is 150 Å². The van der Waals surface area contributed by atoms with Gasteiger partial charge in [-0.25, -0.2) is 9.97 Å². The van der Waals surface area contributed by atoms with Gasteiger partial charge >= 0.3 is 0 Å². The molecular weight excluding hydrogens is 571 g/mol. The van der Waals surface area contributed by atoms with Crippen molar-refractivity contribution in [2.45, 2.75) is 0 Å². The standard InChI is InChI=1S/C44H27N3/c1-2-12-33-27-34(22-19-28(33)9-1)29-17-20-32(21-18-29)43-44(46-38-16-8-7-15-37(38)45-43)47-39-25-23-30-10-3-5-13-35(30)41(39)42-36-14-6-4-11-31(36)24-26-40(42)47/h1-27H. The number of rotatable bonds is 3. The van der Waals surface area contributed by atoms with E-state index in [1.165, 1.54) is 54.2 Å². The third-order valence-corrected chi connectivity index (χ3v) is 9.55. The molecule has 3 nitrogen and oxygen atoms in total. The van der Waals surface area contributed by atoms with Crippen LogP contribution in [-0.4, -0.2) is 14.5 Å². The predicted molar refractivity (Wildman–Crippen MR) is 197 cm³/mol. The van der Waals surface area contributed by atoms with Crippen molar-refractivity contribution in [2.75, 3.05) is 0 Å². The summed E-state index contributed by atoms with van der Waals surface area (Å²) < 4.78 is 2.33. The van der Waals surface area contributed by atoms with E-state index in [-0.39, 0.29) is 0 Å². The summed E-state index contributed by atoms with van der Waals surface area (Å²) in [5.74, 6) is 0.827. The summed E-state index contributed by atoms with van der Waals surface area (Å²) in [4.78, 5) is 10.7. The summed E-state index contributed by atoms with van der Waals surface area (Å²) >= 11 is 0. The van der Waals surface area contributed by atoms with E-state index in [0.717, 1.165) is 39.1 Å². The highest BCUT2D eigenvalue weighted by molar-refractivity contribution is 6.28. The Hall–Kier alpha value is -6.32. The van der Waals surface area contributed by atoms with Gasteiger partial charge in [0.05, 0.1) is 22.1 Å². The number of benzene rings is 8. The van der Waals surface area contributed by atoms with Crippen LogP contribution in [0.3, 0.4) is 0 Å². The van der Waals surface area contributed by atoms with Gasteiger partial charge in [-0.3, -0.25) is 4.57 Å². The Morgan fingerprint density at radius 1 is 0.362 bits per heavy atom. The van der Waals surface area contributed by atoms with Gasteiger partial charge < -0.3 is 0 Å². The molecule has 0 spiro atoms. The van der Waals surface area contributed by atoms with Gasteiger partial charge in [0.15, 0.2) is 5.82 Å². The highest BCUT2D eigenvalue weighted by atomic mass is 15.1. The Morgan fingerprint density at radius 2 is 0.851 bits per heavy atom. The smallest absolute Gasteiger partial charge is 0.165 e. The quantitative estimate of drug-likeness (QED) is 0.203. The first-order valence-corrected chi connectivity index (χ1v) is 16.0. The van der Waals surface area contributed by atoms with E-state index in [1.54, 1.807) is 0 Å². The average molecular weight is 598 g/mol. The van der Waals surface area contributed by atoms with Crippen LogP contribution in [0.15, 0.2) is 164 Å². The molecule has 0 saturated heterocycles. The number of hydrogen-bond acceptors (Lipinski definition) is 2. The van der Waals surface area contributed by atoms with Crippen molar-refractivity contribution >= 4 is 65.2 Å². The SMILES string of the molecule is c1ccc2cc(-c3ccc(-c4nc5ccccc5nc4-n4c5ccc6ccccc6c5c5c6ccccc6ccc54)cc3)ccc2c1. The molecule has 10 rings (SSSR count). The van der Waals surface area contributed by atoms with Crippen LogP contribution in [0.2, 0.25) is 0 Å². The van der Waals surface area contributed by atoms with Gasteiger partial charge in [-0.15, -0.1) is 0 Å². The summed E-state index contributed by atoms with van der Waals surface area (Å²) in [6.45, 7) is 0. The normalized spacial score (nSPS) is 11.8.